The van der Waals surface area contributed by atoms with Crippen LogP contribution in [0.1, 0.15) is 27.3 Å². The fourth-order valence-corrected chi connectivity index (χ4v) is 3.17. The molecule has 0 bridgehead atoms. The Morgan fingerprint density at radius 2 is 1.69 bits per heavy atom. The minimum absolute atomic E-state index is 0.0367. The summed E-state index contributed by atoms with van der Waals surface area (Å²) in [5, 5.41) is 0. The van der Waals surface area contributed by atoms with Crippen molar-refractivity contribution < 1.29 is 17.9 Å². The molecule has 0 amide bonds. The zero-order chi connectivity index (χ0) is 18.9. The molecule has 0 N–H and O–H groups in total. The summed E-state index contributed by atoms with van der Waals surface area (Å²) in [6, 6.07) is 11.9. The first kappa shape index (κ1) is 18.0. The van der Waals surface area contributed by atoms with Gasteiger partial charge in [-0.25, -0.2) is 23.2 Å². The average molecular weight is 370 g/mol. The number of carbonyl (C=O) groups is 1. The van der Waals surface area contributed by atoms with Crippen LogP contribution in [-0.4, -0.2) is 30.6 Å². The molecule has 0 aliphatic carbocycles. The van der Waals surface area contributed by atoms with E-state index in [-0.39, 0.29) is 17.1 Å². The maximum Gasteiger partial charge on any atom is 0.338 e. The van der Waals surface area contributed by atoms with Gasteiger partial charge in [-0.3, -0.25) is 0 Å². The SMILES string of the molecule is Cc1ccc(S(C)(=O)=O)cc1C(=O)OCc1nc2ccccc2nc1C. The van der Waals surface area contributed by atoms with Gasteiger partial charge in [-0.1, -0.05) is 18.2 Å². The highest BCUT2D eigenvalue weighted by atomic mass is 32.2. The van der Waals surface area contributed by atoms with Crippen molar-refractivity contribution >= 4 is 26.8 Å². The van der Waals surface area contributed by atoms with Gasteiger partial charge in [0.05, 0.1) is 32.9 Å². The van der Waals surface area contributed by atoms with E-state index in [1.807, 2.05) is 24.3 Å². The molecule has 1 heterocycles. The number of fused-ring (bicyclic) bond motifs is 1. The summed E-state index contributed by atoms with van der Waals surface area (Å²) in [5.74, 6) is -0.595. The van der Waals surface area contributed by atoms with Gasteiger partial charge in [-0.15, -0.1) is 0 Å². The molecule has 0 saturated heterocycles. The van der Waals surface area contributed by atoms with Crippen molar-refractivity contribution in [1.82, 2.24) is 9.97 Å². The number of rotatable bonds is 4. The number of nitrogens with zero attached hydrogens (tertiary/aromatic N) is 2. The monoisotopic (exact) mass is 370 g/mol. The Kier molecular flexibility index (Phi) is 4.73. The van der Waals surface area contributed by atoms with Crippen LogP contribution in [-0.2, 0) is 21.2 Å². The number of aromatic nitrogens is 2. The number of esters is 1. The number of para-hydroxylation sites is 2. The first-order valence-corrected chi connectivity index (χ1v) is 9.85. The van der Waals surface area contributed by atoms with E-state index >= 15 is 0 Å². The van der Waals surface area contributed by atoms with Crippen molar-refractivity contribution in [2.45, 2.75) is 25.3 Å². The molecule has 0 aliphatic heterocycles. The highest BCUT2D eigenvalue weighted by molar-refractivity contribution is 7.90. The highest BCUT2D eigenvalue weighted by Gasteiger charge is 2.16. The van der Waals surface area contributed by atoms with E-state index in [0.29, 0.717) is 17.0 Å². The number of sulfone groups is 1. The van der Waals surface area contributed by atoms with Gasteiger partial charge in [-0.2, -0.15) is 0 Å². The maximum absolute atomic E-state index is 12.4. The third kappa shape index (κ3) is 3.72. The van der Waals surface area contributed by atoms with E-state index in [2.05, 4.69) is 9.97 Å². The van der Waals surface area contributed by atoms with Crippen LogP contribution >= 0.6 is 0 Å². The van der Waals surface area contributed by atoms with E-state index in [9.17, 15) is 13.2 Å². The average Bonchev–Trinajstić information content (AvgIpc) is 2.59. The van der Waals surface area contributed by atoms with E-state index < -0.39 is 15.8 Å². The van der Waals surface area contributed by atoms with Crippen molar-refractivity contribution in [3.8, 4) is 0 Å². The van der Waals surface area contributed by atoms with Gasteiger partial charge in [0.15, 0.2) is 9.84 Å². The van der Waals surface area contributed by atoms with Crippen LogP contribution in [0.4, 0.5) is 0 Å². The lowest BCUT2D eigenvalue weighted by molar-refractivity contribution is 0.0466. The van der Waals surface area contributed by atoms with E-state index in [0.717, 1.165) is 17.3 Å². The summed E-state index contributed by atoms with van der Waals surface area (Å²) in [4.78, 5) is 21.4. The third-order valence-electron chi connectivity index (χ3n) is 4.04. The van der Waals surface area contributed by atoms with Gasteiger partial charge in [0, 0.05) is 6.26 Å². The number of hydrogen-bond acceptors (Lipinski definition) is 6. The van der Waals surface area contributed by atoms with Crippen LogP contribution in [0.3, 0.4) is 0 Å². The Hall–Kier alpha value is -2.80. The van der Waals surface area contributed by atoms with Gasteiger partial charge in [0.1, 0.15) is 6.61 Å². The first-order valence-electron chi connectivity index (χ1n) is 7.96. The van der Waals surface area contributed by atoms with Gasteiger partial charge in [-0.05, 0) is 43.7 Å². The van der Waals surface area contributed by atoms with Crippen molar-refractivity contribution in [1.29, 1.82) is 0 Å². The van der Waals surface area contributed by atoms with Gasteiger partial charge < -0.3 is 4.74 Å². The maximum atomic E-state index is 12.4. The van der Waals surface area contributed by atoms with Crippen molar-refractivity contribution in [2.75, 3.05) is 6.26 Å². The fourth-order valence-electron chi connectivity index (χ4n) is 2.52. The lowest BCUT2D eigenvalue weighted by atomic mass is 10.1. The molecular formula is C19H18N2O4S. The molecule has 0 fully saturated rings. The summed E-state index contributed by atoms with van der Waals surface area (Å²) in [6.07, 6.45) is 1.10. The molecule has 0 aliphatic rings. The van der Waals surface area contributed by atoms with Gasteiger partial charge in [0.25, 0.3) is 0 Å². The van der Waals surface area contributed by atoms with Crippen molar-refractivity contribution in [2.24, 2.45) is 0 Å². The molecule has 0 radical (unpaired) electrons. The van der Waals surface area contributed by atoms with E-state index in [4.69, 9.17) is 4.74 Å². The molecule has 3 rings (SSSR count). The molecule has 26 heavy (non-hydrogen) atoms. The number of hydrogen-bond donors (Lipinski definition) is 0. The largest absolute Gasteiger partial charge is 0.455 e. The summed E-state index contributed by atoms with van der Waals surface area (Å²) in [5.41, 5.74) is 3.60. The van der Waals surface area contributed by atoms with Crippen LogP contribution in [0.15, 0.2) is 47.4 Å². The van der Waals surface area contributed by atoms with Crippen LogP contribution in [0.25, 0.3) is 11.0 Å². The predicted molar refractivity (Wildman–Crippen MR) is 97.7 cm³/mol. The zero-order valence-electron chi connectivity index (χ0n) is 14.7. The Bertz CT molecular complexity index is 1110. The molecule has 0 unspecified atom stereocenters. The highest BCUT2D eigenvalue weighted by Crippen LogP contribution is 2.18. The van der Waals surface area contributed by atoms with E-state index in [1.165, 1.54) is 12.1 Å². The fraction of sp³-hybridized carbons (Fsp3) is 0.211. The normalized spacial score (nSPS) is 11.5. The predicted octanol–water partition coefficient (Wildman–Crippen LogP) is 3.01. The number of aryl methyl sites for hydroxylation is 2. The second kappa shape index (κ2) is 6.84. The molecule has 6 nitrogen and oxygen atoms in total. The summed E-state index contributed by atoms with van der Waals surface area (Å²) in [7, 11) is -3.40. The van der Waals surface area contributed by atoms with Crippen LogP contribution in [0.5, 0.6) is 0 Å². The van der Waals surface area contributed by atoms with Gasteiger partial charge >= 0.3 is 5.97 Å². The van der Waals surface area contributed by atoms with Gasteiger partial charge in [0.2, 0.25) is 0 Å². The number of benzene rings is 2. The number of carbonyl (C=O) groups excluding carboxylic acids is 1. The van der Waals surface area contributed by atoms with Crippen LogP contribution in [0.2, 0.25) is 0 Å². The summed E-state index contributed by atoms with van der Waals surface area (Å²) >= 11 is 0. The molecule has 0 saturated carbocycles. The Morgan fingerprint density at radius 3 is 2.35 bits per heavy atom. The molecular weight excluding hydrogens is 352 g/mol. The minimum Gasteiger partial charge on any atom is -0.455 e. The molecule has 3 aromatic rings. The second-order valence-corrected chi connectivity index (χ2v) is 8.09. The quantitative estimate of drug-likeness (QED) is 0.656. The minimum atomic E-state index is -3.40. The first-order chi connectivity index (χ1) is 12.3. The molecule has 2 aromatic carbocycles. The standard InChI is InChI=1S/C19H18N2O4S/c1-12-8-9-14(26(3,23)24)10-15(12)19(22)25-11-18-13(2)20-16-6-4-5-7-17(16)21-18/h4-10H,11H2,1-3H3. The third-order valence-corrected chi connectivity index (χ3v) is 5.15. The Morgan fingerprint density at radius 1 is 1.04 bits per heavy atom. The lowest BCUT2D eigenvalue weighted by Crippen LogP contribution is -2.11. The van der Waals surface area contributed by atoms with Crippen molar-refractivity contribution in [3.63, 3.8) is 0 Å². The van der Waals surface area contributed by atoms with E-state index in [1.54, 1.807) is 19.9 Å². The van der Waals surface area contributed by atoms with Crippen LogP contribution < -0.4 is 0 Å². The Labute approximate surface area is 151 Å². The molecule has 0 atom stereocenters. The molecule has 7 heteroatoms. The van der Waals surface area contributed by atoms with Crippen LogP contribution in [0, 0.1) is 13.8 Å². The number of ether oxygens (including phenoxy) is 1. The Balaban J connectivity index is 1.84. The smallest absolute Gasteiger partial charge is 0.338 e. The molecule has 134 valence electrons. The summed E-state index contributed by atoms with van der Waals surface area (Å²) in [6.45, 7) is 3.49. The van der Waals surface area contributed by atoms with Crippen molar-refractivity contribution in [3.05, 3.63) is 65.0 Å². The molecule has 0 spiro atoms. The summed E-state index contributed by atoms with van der Waals surface area (Å²) < 4.78 is 28.8. The second-order valence-electron chi connectivity index (χ2n) is 6.07. The molecule has 1 aromatic heterocycles. The topological polar surface area (TPSA) is 86.2 Å². The lowest BCUT2D eigenvalue weighted by Gasteiger charge is -2.10. The zero-order valence-corrected chi connectivity index (χ0v) is 15.5.